The Bertz CT molecular complexity index is 783. The van der Waals surface area contributed by atoms with Crippen LogP contribution in [0.15, 0.2) is 54.6 Å². The van der Waals surface area contributed by atoms with E-state index in [1.54, 1.807) is 0 Å². The molecule has 25 heavy (non-hydrogen) atoms. The van der Waals surface area contributed by atoms with Gasteiger partial charge in [0, 0.05) is 13.0 Å². The van der Waals surface area contributed by atoms with Gasteiger partial charge < -0.3 is 14.4 Å². The van der Waals surface area contributed by atoms with Crippen LogP contribution in [0.2, 0.25) is 0 Å². The van der Waals surface area contributed by atoms with E-state index in [0.717, 1.165) is 36.1 Å². The van der Waals surface area contributed by atoms with Gasteiger partial charge >= 0.3 is 0 Å². The first kappa shape index (κ1) is 17.6. The van der Waals surface area contributed by atoms with E-state index in [1.165, 1.54) is 5.56 Å². The van der Waals surface area contributed by atoms with Gasteiger partial charge in [-0.1, -0.05) is 55.8 Å². The summed E-state index contributed by atoms with van der Waals surface area (Å²) >= 11 is 0. The highest BCUT2D eigenvalue weighted by molar-refractivity contribution is 5.76. The molecule has 4 heteroatoms. The summed E-state index contributed by atoms with van der Waals surface area (Å²) in [7, 11) is 0. The molecule has 0 amide bonds. The second-order valence-electron chi connectivity index (χ2n) is 6.37. The summed E-state index contributed by atoms with van der Waals surface area (Å²) in [6, 6.07) is 18.4. The van der Waals surface area contributed by atoms with Crippen molar-refractivity contribution in [1.82, 2.24) is 9.55 Å². The van der Waals surface area contributed by atoms with Crippen LogP contribution >= 0.6 is 0 Å². The minimum atomic E-state index is -0.538. The summed E-state index contributed by atoms with van der Waals surface area (Å²) in [5.74, 6) is 0.972. The first-order valence-electron chi connectivity index (χ1n) is 9.01. The molecular weight excluding hydrogens is 312 g/mol. The average molecular weight is 338 g/mol. The maximum atomic E-state index is 10.4. The summed E-state index contributed by atoms with van der Waals surface area (Å²) < 4.78 is 7.69. The molecule has 0 saturated carbocycles. The third-order valence-electron chi connectivity index (χ3n) is 4.28. The zero-order chi connectivity index (χ0) is 17.5. The van der Waals surface area contributed by atoms with Gasteiger partial charge in [0.05, 0.1) is 30.3 Å². The molecule has 0 aliphatic carbocycles. The number of aromatic nitrogens is 2. The molecule has 0 spiro atoms. The van der Waals surface area contributed by atoms with E-state index in [9.17, 15) is 5.11 Å². The number of hydrogen-bond donors (Lipinski definition) is 1. The molecule has 3 rings (SSSR count). The SMILES string of the molecule is CCCCOCC(O)Cn1c(Cc2ccccc2)nc2ccccc21. The quantitative estimate of drug-likeness (QED) is 0.604. The molecule has 0 aliphatic heterocycles. The van der Waals surface area contributed by atoms with Crippen LogP contribution in [0.4, 0.5) is 0 Å². The molecule has 3 aromatic rings. The van der Waals surface area contributed by atoms with Crippen molar-refractivity contribution in [2.45, 2.75) is 38.8 Å². The zero-order valence-electron chi connectivity index (χ0n) is 14.8. The van der Waals surface area contributed by atoms with E-state index in [1.807, 2.05) is 36.4 Å². The summed E-state index contributed by atoms with van der Waals surface area (Å²) in [5, 5.41) is 10.4. The summed E-state index contributed by atoms with van der Waals surface area (Å²) in [4.78, 5) is 4.78. The van der Waals surface area contributed by atoms with Crippen LogP contribution in [0.1, 0.15) is 31.2 Å². The maximum absolute atomic E-state index is 10.4. The number of unbranched alkanes of at least 4 members (excludes halogenated alkanes) is 1. The van der Waals surface area contributed by atoms with Crippen LogP contribution in [-0.2, 0) is 17.7 Å². The van der Waals surface area contributed by atoms with Gasteiger partial charge in [-0.25, -0.2) is 4.98 Å². The number of rotatable bonds is 9. The van der Waals surface area contributed by atoms with Gasteiger partial charge in [0.2, 0.25) is 0 Å². The topological polar surface area (TPSA) is 47.3 Å². The van der Waals surface area contributed by atoms with Gasteiger partial charge in [0.25, 0.3) is 0 Å². The van der Waals surface area contributed by atoms with E-state index in [-0.39, 0.29) is 0 Å². The van der Waals surface area contributed by atoms with Crippen LogP contribution in [-0.4, -0.2) is 34.0 Å². The molecule has 1 unspecified atom stereocenters. The molecule has 0 saturated heterocycles. The molecule has 1 N–H and O–H groups in total. The minimum absolute atomic E-state index is 0.358. The minimum Gasteiger partial charge on any atom is -0.389 e. The van der Waals surface area contributed by atoms with Crippen molar-refractivity contribution < 1.29 is 9.84 Å². The monoisotopic (exact) mass is 338 g/mol. The van der Waals surface area contributed by atoms with Gasteiger partial charge in [-0.05, 0) is 24.1 Å². The van der Waals surface area contributed by atoms with Gasteiger partial charge in [-0.2, -0.15) is 0 Å². The lowest BCUT2D eigenvalue weighted by atomic mass is 10.1. The van der Waals surface area contributed by atoms with Crippen molar-refractivity contribution >= 4 is 11.0 Å². The number of imidazole rings is 1. The van der Waals surface area contributed by atoms with Crippen molar-refractivity contribution in [3.63, 3.8) is 0 Å². The van der Waals surface area contributed by atoms with Crippen LogP contribution in [0.5, 0.6) is 0 Å². The third kappa shape index (κ3) is 4.68. The Kier molecular flexibility index (Phi) is 6.20. The van der Waals surface area contributed by atoms with Crippen LogP contribution in [0, 0.1) is 0 Å². The molecular formula is C21H26N2O2. The number of aliphatic hydroxyl groups is 1. The van der Waals surface area contributed by atoms with Crippen molar-refractivity contribution in [3.05, 3.63) is 66.0 Å². The van der Waals surface area contributed by atoms with Gasteiger partial charge in [-0.3, -0.25) is 0 Å². The van der Waals surface area contributed by atoms with Crippen LogP contribution in [0.3, 0.4) is 0 Å². The zero-order valence-corrected chi connectivity index (χ0v) is 14.8. The van der Waals surface area contributed by atoms with E-state index in [0.29, 0.717) is 19.8 Å². The number of ether oxygens (including phenoxy) is 1. The van der Waals surface area contributed by atoms with E-state index in [2.05, 4.69) is 29.7 Å². The first-order chi connectivity index (χ1) is 12.3. The second-order valence-corrected chi connectivity index (χ2v) is 6.37. The number of benzene rings is 2. The summed E-state index contributed by atoms with van der Waals surface area (Å²) in [6.45, 7) is 3.69. The highest BCUT2D eigenvalue weighted by atomic mass is 16.5. The number of nitrogens with zero attached hydrogens (tertiary/aromatic N) is 2. The molecule has 132 valence electrons. The number of para-hydroxylation sites is 2. The van der Waals surface area contributed by atoms with Crippen molar-refractivity contribution in [2.24, 2.45) is 0 Å². The summed E-state index contributed by atoms with van der Waals surface area (Å²) in [6.07, 6.45) is 2.34. The highest BCUT2D eigenvalue weighted by Crippen LogP contribution is 2.19. The average Bonchev–Trinajstić information content (AvgIpc) is 2.97. The van der Waals surface area contributed by atoms with Crippen molar-refractivity contribution in [3.8, 4) is 0 Å². The molecule has 2 aromatic carbocycles. The molecule has 1 aromatic heterocycles. The standard InChI is InChI=1S/C21H26N2O2/c1-2-3-13-25-16-18(24)15-23-20-12-8-7-11-19(20)22-21(23)14-17-9-5-4-6-10-17/h4-12,18,24H,2-3,13-16H2,1H3. The Morgan fingerprint density at radius 3 is 2.64 bits per heavy atom. The lowest BCUT2D eigenvalue weighted by Crippen LogP contribution is -2.23. The largest absolute Gasteiger partial charge is 0.389 e. The lowest BCUT2D eigenvalue weighted by Gasteiger charge is -2.15. The fourth-order valence-electron chi connectivity index (χ4n) is 2.97. The number of aliphatic hydroxyl groups excluding tert-OH is 1. The Morgan fingerprint density at radius 2 is 1.84 bits per heavy atom. The van der Waals surface area contributed by atoms with Gasteiger partial charge in [-0.15, -0.1) is 0 Å². The lowest BCUT2D eigenvalue weighted by molar-refractivity contribution is 0.0273. The Hall–Kier alpha value is -2.17. The van der Waals surface area contributed by atoms with E-state index < -0.39 is 6.10 Å². The molecule has 1 atom stereocenters. The fourth-order valence-corrected chi connectivity index (χ4v) is 2.97. The van der Waals surface area contributed by atoms with E-state index in [4.69, 9.17) is 9.72 Å². The van der Waals surface area contributed by atoms with E-state index >= 15 is 0 Å². The predicted octanol–water partition coefficient (Wildman–Crippen LogP) is 3.80. The Labute approximate surface area is 149 Å². The molecule has 0 radical (unpaired) electrons. The van der Waals surface area contributed by atoms with Crippen LogP contribution in [0.25, 0.3) is 11.0 Å². The predicted molar refractivity (Wildman–Crippen MR) is 101 cm³/mol. The number of fused-ring (bicyclic) bond motifs is 1. The third-order valence-corrected chi connectivity index (χ3v) is 4.28. The molecule has 0 bridgehead atoms. The second kappa shape index (κ2) is 8.79. The Balaban J connectivity index is 1.78. The fraction of sp³-hybridized carbons (Fsp3) is 0.381. The molecule has 1 heterocycles. The first-order valence-corrected chi connectivity index (χ1v) is 9.01. The maximum Gasteiger partial charge on any atom is 0.114 e. The highest BCUT2D eigenvalue weighted by Gasteiger charge is 2.14. The van der Waals surface area contributed by atoms with Crippen molar-refractivity contribution in [1.29, 1.82) is 0 Å². The van der Waals surface area contributed by atoms with Gasteiger partial charge in [0.15, 0.2) is 0 Å². The van der Waals surface area contributed by atoms with Crippen molar-refractivity contribution in [2.75, 3.05) is 13.2 Å². The molecule has 0 fully saturated rings. The normalized spacial score (nSPS) is 12.6. The van der Waals surface area contributed by atoms with Crippen LogP contribution < -0.4 is 0 Å². The van der Waals surface area contributed by atoms with Gasteiger partial charge in [0.1, 0.15) is 5.82 Å². The smallest absolute Gasteiger partial charge is 0.114 e. The number of hydrogen-bond acceptors (Lipinski definition) is 3. The molecule has 4 nitrogen and oxygen atoms in total. The Morgan fingerprint density at radius 1 is 1.08 bits per heavy atom. The molecule has 0 aliphatic rings. The summed E-state index contributed by atoms with van der Waals surface area (Å²) in [5.41, 5.74) is 3.24.